The van der Waals surface area contributed by atoms with Gasteiger partial charge in [0, 0.05) is 18.1 Å². The second-order valence-electron chi connectivity index (χ2n) is 2.08. The highest BCUT2D eigenvalue weighted by Crippen LogP contribution is 1.88. The third kappa shape index (κ3) is 7.72. The van der Waals surface area contributed by atoms with E-state index in [1.54, 1.807) is 0 Å². The first kappa shape index (κ1) is 8.72. The van der Waals surface area contributed by atoms with Gasteiger partial charge in [-0.25, -0.2) is 4.79 Å². The molecule has 0 aromatic carbocycles. The predicted molar refractivity (Wildman–Crippen MR) is 35.2 cm³/mol. The number of hydroxylamine groups is 1. The van der Waals surface area contributed by atoms with Crippen molar-refractivity contribution in [3.8, 4) is 0 Å². The molecule has 0 aromatic heterocycles. The zero-order valence-electron chi connectivity index (χ0n) is 5.48. The minimum Gasteiger partial charge on any atom is -0.358 e. The van der Waals surface area contributed by atoms with E-state index in [9.17, 15) is 4.79 Å². The van der Waals surface area contributed by atoms with E-state index in [-0.39, 0.29) is 0 Å². The van der Waals surface area contributed by atoms with Crippen LogP contribution < -0.4 is 5.48 Å². The molecule has 0 amide bonds. The number of carbonyl (C=O) groups is 1. The maximum absolute atomic E-state index is 9.91. The smallest absolute Gasteiger partial charge is 0.358 e. The Morgan fingerprint density at radius 1 is 1.78 bits per heavy atom. The van der Waals surface area contributed by atoms with Crippen molar-refractivity contribution in [3.63, 3.8) is 0 Å². The van der Waals surface area contributed by atoms with Gasteiger partial charge in [0.05, 0.1) is 0 Å². The van der Waals surface area contributed by atoms with Crippen LogP contribution in [0.25, 0.3) is 0 Å². The van der Waals surface area contributed by atoms with Crippen molar-refractivity contribution in [2.75, 3.05) is 6.54 Å². The molecule has 9 heavy (non-hydrogen) atoms. The van der Waals surface area contributed by atoms with Crippen molar-refractivity contribution >= 4 is 17.0 Å². The van der Waals surface area contributed by atoms with Gasteiger partial charge in [0.2, 0.25) is 0 Å². The van der Waals surface area contributed by atoms with Gasteiger partial charge in [-0.1, -0.05) is 13.8 Å². The second-order valence-corrected chi connectivity index (χ2v) is 2.39. The third-order valence-electron chi connectivity index (χ3n) is 0.644. The molecule has 1 N–H and O–H groups in total. The third-order valence-corrected chi connectivity index (χ3v) is 0.721. The van der Waals surface area contributed by atoms with Crippen LogP contribution in [0.4, 0.5) is 4.79 Å². The molecule has 0 saturated heterocycles. The summed E-state index contributed by atoms with van der Waals surface area (Å²) in [4.78, 5) is 14.1. The molecule has 54 valence electrons. The Morgan fingerprint density at radius 2 is 2.33 bits per heavy atom. The van der Waals surface area contributed by atoms with Gasteiger partial charge in [-0.15, -0.1) is 0 Å². The first-order chi connectivity index (χ1) is 4.13. The van der Waals surface area contributed by atoms with Crippen LogP contribution in [-0.2, 0) is 4.84 Å². The van der Waals surface area contributed by atoms with Gasteiger partial charge in [-0.3, -0.25) is 0 Å². The normalized spacial score (nSPS) is 9.78. The van der Waals surface area contributed by atoms with Crippen LogP contribution in [0.1, 0.15) is 13.8 Å². The number of hydrogen-bond donors (Lipinski definition) is 1. The molecule has 0 aliphatic carbocycles. The second kappa shape index (κ2) is 4.58. The van der Waals surface area contributed by atoms with Crippen molar-refractivity contribution in [2.45, 2.75) is 13.8 Å². The number of nitrogens with one attached hydrogen (secondary N) is 1. The highest BCUT2D eigenvalue weighted by Gasteiger charge is 1.95. The average Bonchev–Trinajstić information content (AvgIpc) is 1.63. The lowest BCUT2D eigenvalue weighted by atomic mass is 10.2. The molecular weight excluding hydrogens is 142 g/mol. The van der Waals surface area contributed by atoms with E-state index in [1.165, 1.54) is 0 Å². The first-order valence-electron chi connectivity index (χ1n) is 2.72. The summed E-state index contributed by atoms with van der Waals surface area (Å²) < 4.78 is 0. The molecular formula is C5H10ClNO2. The molecule has 0 radical (unpaired) electrons. The molecule has 3 nitrogen and oxygen atoms in total. The molecule has 4 heteroatoms. The van der Waals surface area contributed by atoms with Crippen LogP contribution in [0.3, 0.4) is 0 Å². The van der Waals surface area contributed by atoms with Crippen LogP contribution in [-0.4, -0.2) is 12.0 Å². The Balaban J connectivity index is 3.01. The van der Waals surface area contributed by atoms with Crippen LogP contribution in [0.15, 0.2) is 0 Å². The Labute approximate surface area is 59.3 Å². The fraction of sp³-hybridized carbons (Fsp3) is 0.800. The van der Waals surface area contributed by atoms with Crippen molar-refractivity contribution < 1.29 is 9.63 Å². The lowest BCUT2D eigenvalue weighted by Gasteiger charge is -2.03. The summed E-state index contributed by atoms with van der Waals surface area (Å²) in [5.74, 6) is 0.445. The summed E-state index contributed by atoms with van der Waals surface area (Å²) in [5.41, 5.74) is 1.58. The predicted octanol–water partition coefficient (Wildman–Crippen LogP) is 1.52. The van der Waals surface area contributed by atoms with Gasteiger partial charge in [0.15, 0.2) is 0 Å². The first-order valence-corrected chi connectivity index (χ1v) is 3.10. The zero-order valence-corrected chi connectivity index (χ0v) is 6.23. The number of hydrogen-bond acceptors (Lipinski definition) is 3. The van der Waals surface area contributed by atoms with Gasteiger partial charge < -0.3 is 4.84 Å². The Morgan fingerprint density at radius 3 is 2.67 bits per heavy atom. The molecule has 0 saturated carbocycles. The summed E-state index contributed by atoms with van der Waals surface area (Å²) in [6.07, 6.45) is 0. The molecule has 0 heterocycles. The van der Waals surface area contributed by atoms with Crippen LogP contribution in [0, 0.1) is 5.92 Å². The van der Waals surface area contributed by atoms with E-state index >= 15 is 0 Å². The van der Waals surface area contributed by atoms with E-state index in [4.69, 9.17) is 11.6 Å². The number of halogens is 1. The van der Waals surface area contributed by atoms with Gasteiger partial charge in [-0.05, 0) is 5.92 Å². The zero-order chi connectivity index (χ0) is 7.28. The monoisotopic (exact) mass is 151 g/mol. The highest BCUT2D eigenvalue weighted by molar-refractivity contribution is 6.61. The fourth-order valence-electron chi connectivity index (χ4n) is 0.265. The standard InChI is InChI=1S/C5H10ClNO2/c1-4(2)3-7-9-5(6)8/h4,7H,3H2,1-2H3. The van der Waals surface area contributed by atoms with E-state index in [1.807, 2.05) is 13.8 Å². The quantitative estimate of drug-likeness (QED) is 0.491. The maximum Gasteiger partial charge on any atom is 0.422 e. The summed E-state index contributed by atoms with van der Waals surface area (Å²) in [5, 5.41) is 0. The van der Waals surface area contributed by atoms with Crippen molar-refractivity contribution in [1.29, 1.82) is 0 Å². The molecule has 0 bridgehead atoms. The maximum atomic E-state index is 9.91. The summed E-state index contributed by atoms with van der Waals surface area (Å²) in [7, 11) is 0. The van der Waals surface area contributed by atoms with Crippen LogP contribution in [0.5, 0.6) is 0 Å². The van der Waals surface area contributed by atoms with Crippen molar-refractivity contribution in [1.82, 2.24) is 5.48 Å². The lowest BCUT2D eigenvalue weighted by Crippen LogP contribution is -2.20. The van der Waals surface area contributed by atoms with E-state index in [0.717, 1.165) is 0 Å². The van der Waals surface area contributed by atoms with Crippen LogP contribution in [0.2, 0.25) is 0 Å². The SMILES string of the molecule is CC(C)CNOC(=O)Cl. The Hall–Kier alpha value is -0.280. The van der Waals surface area contributed by atoms with Crippen molar-refractivity contribution in [2.24, 2.45) is 5.92 Å². The lowest BCUT2D eigenvalue weighted by molar-refractivity contribution is 0.107. The average molecular weight is 152 g/mol. The van der Waals surface area contributed by atoms with E-state index < -0.39 is 5.43 Å². The highest BCUT2D eigenvalue weighted by atomic mass is 35.5. The molecule has 0 rings (SSSR count). The summed E-state index contributed by atoms with van der Waals surface area (Å²) in [6.45, 7) is 4.61. The molecule has 0 atom stereocenters. The molecule has 0 aliphatic rings. The van der Waals surface area contributed by atoms with Gasteiger partial charge in [-0.2, -0.15) is 5.48 Å². The van der Waals surface area contributed by atoms with Crippen molar-refractivity contribution in [3.05, 3.63) is 0 Å². The van der Waals surface area contributed by atoms with Crippen LogP contribution >= 0.6 is 11.6 Å². The molecule has 0 aromatic rings. The molecule has 0 fully saturated rings. The summed E-state index contributed by atoms with van der Waals surface area (Å²) in [6, 6.07) is 0. The minimum absolute atomic E-state index is 0.445. The van der Waals surface area contributed by atoms with Gasteiger partial charge in [0.25, 0.3) is 0 Å². The Bertz CT molecular complexity index is 95.0. The van der Waals surface area contributed by atoms with E-state index in [2.05, 4.69) is 10.3 Å². The Kier molecular flexibility index (Phi) is 4.44. The molecule has 0 unspecified atom stereocenters. The van der Waals surface area contributed by atoms with Gasteiger partial charge in [0.1, 0.15) is 0 Å². The summed E-state index contributed by atoms with van der Waals surface area (Å²) >= 11 is 4.84. The fourth-order valence-corrected chi connectivity index (χ4v) is 0.320. The molecule has 0 spiro atoms. The number of carbonyl (C=O) groups excluding carboxylic acids is 1. The van der Waals surface area contributed by atoms with E-state index in [0.29, 0.717) is 12.5 Å². The number of rotatable bonds is 3. The topological polar surface area (TPSA) is 38.3 Å². The van der Waals surface area contributed by atoms with Gasteiger partial charge >= 0.3 is 5.43 Å². The minimum atomic E-state index is -0.823. The largest absolute Gasteiger partial charge is 0.422 e. The molecule has 0 aliphatic heterocycles.